The van der Waals surface area contributed by atoms with Crippen molar-refractivity contribution in [3.8, 4) is 0 Å². The second-order valence-corrected chi connectivity index (χ2v) is 6.69. The summed E-state index contributed by atoms with van der Waals surface area (Å²) in [5, 5.41) is 0. The number of esters is 2. The van der Waals surface area contributed by atoms with Gasteiger partial charge in [0.25, 0.3) is 5.79 Å². The summed E-state index contributed by atoms with van der Waals surface area (Å²) in [6.07, 6.45) is -0.731. The van der Waals surface area contributed by atoms with Gasteiger partial charge in [-0.15, -0.1) is 0 Å². The van der Waals surface area contributed by atoms with Crippen LogP contribution >= 0.6 is 0 Å². The summed E-state index contributed by atoms with van der Waals surface area (Å²) in [7, 11) is 0. The van der Waals surface area contributed by atoms with Crippen LogP contribution < -0.4 is 0 Å². The lowest BCUT2D eigenvalue weighted by atomic mass is 9.93. The molecule has 132 valence electrons. The summed E-state index contributed by atoms with van der Waals surface area (Å²) in [5.74, 6) is -2.58. The molecular weight excluding hydrogens is 336 g/mol. The molecule has 4 atom stereocenters. The second-order valence-electron chi connectivity index (χ2n) is 6.69. The van der Waals surface area contributed by atoms with Crippen molar-refractivity contribution < 1.29 is 28.5 Å². The molecule has 26 heavy (non-hydrogen) atoms. The van der Waals surface area contributed by atoms with Crippen molar-refractivity contribution in [2.45, 2.75) is 36.6 Å². The summed E-state index contributed by atoms with van der Waals surface area (Å²) in [6, 6.07) is 17.2. The Morgan fingerprint density at radius 1 is 0.808 bits per heavy atom. The van der Waals surface area contributed by atoms with Crippen molar-refractivity contribution in [3.63, 3.8) is 0 Å². The fourth-order valence-electron chi connectivity index (χ4n) is 3.74. The van der Waals surface area contributed by atoms with Crippen molar-refractivity contribution >= 4 is 11.9 Å². The molecule has 6 heteroatoms. The number of rotatable bonds is 4. The topological polar surface area (TPSA) is 74.4 Å². The zero-order chi connectivity index (χ0) is 17.7. The minimum absolute atomic E-state index is 0.0129. The molecule has 0 radical (unpaired) electrons. The highest BCUT2D eigenvalue weighted by molar-refractivity contribution is 5.91. The van der Waals surface area contributed by atoms with Gasteiger partial charge in [0.15, 0.2) is 6.10 Å². The van der Waals surface area contributed by atoms with E-state index in [-0.39, 0.29) is 24.7 Å². The van der Waals surface area contributed by atoms with Gasteiger partial charge in [-0.05, 0) is 24.3 Å². The van der Waals surface area contributed by atoms with Crippen LogP contribution in [0.4, 0.5) is 0 Å². The molecule has 0 unspecified atom stereocenters. The van der Waals surface area contributed by atoms with Gasteiger partial charge < -0.3 is 18.9 Å². The molecule has 6 nitrogen and oxygen atoms in total. The van der Waals surface area contributed by atoms with Gasteiger partial charge in [0.1, 0.15) is 12.2 Å². The summed E-state index contributed by atoms with van der Waals surface area (Å²) >= 11 is 0. The zero-order valence-electron chi connectivity index (χ0n) is 13.7. The Balaban J connectivity index is 1.43. The molecule has 2 aromatic rings. The van der Waals surface area contributed by atoms with Crippen LogP contribution in [0.2, 0.25) is 0 Å². The molecule has 0 saturated carbocycles. The van der Waals surface area contributed by atoms with Gasteiger partial charge in [0, 0.05) is 0 Å². The largest absolute Gasteiger partial charge is 0.416 e. The van der Waals surface area contributed by atoms with Gasteiger partial charge in [0.05, 0.1) is 23.7 Å². The monoisotopic (exact) mass is 352 g/mol. The summed E-state index contributed by atoms with van der Waals surface area (Å²) in [4.78, 5) is 25.2. The van der Waals surface area contributed by atoms with Crippen molar-refractivity contribution in [2.75, 3.05) is 0 Å². The van der Waals surface area contributed by atoms with Gasteiger partial charge in [-0.3, -0.25) is 0 Å². The average molecular weight is 352 g/mol. The van der Waals surface area contributed by atoms with Crippen LogP contribution in [-0.4, -0.2) is 42.1 Å². The van der Waals surface area contributed by atoms with Gasteiger partial charge in [-0.1, -0.05) is 36.4 Å². The number of ether oxygens (including phenoxy) is 4. The SMILES string of the molecule is O=C(OC1(OC(=O)c2ccccc2)C[C@H]2O[C@@H]1[C@@H]1O[C@@H]12)c1ccccc1. The van der Waals surface area contributed by atoms with Gasteiger partial charge >= 0.3 is 11.9 Å². The van der Waals surface area contributed by atoms with Crippen LogP contribution in [0, 0.1) is 0 Å². The minimum Gasteiger partial charge on any atom is -0.416 e. The van der Waals surface area contributed by atoms with Crippen LogP contribution in [0.1, 0.15) is 27.1 Å². The van der Waals surface area contributed by atoms with Crippen LogP contribution in [0.25, 0.3) is 0 Å². The molecule has 0 spiro atoms. The zero-order valence-corrected chi connectivity index (χ0v) is 13.7. The molecule has 2 aromatic carbocycles. The first-order valence-electron chi connectivity index (χ1n) is 8.54. The summed E-state index contributed by atoms with van der Waals surface area (Å²) in [6.45, 7) is 0. The molecule has 3 aliphatic heterocycles. The molecule has 0 N–H and O–H groups in total. The molecule has 2 bridgehead atoms. The normalized spacial score (nSPS) is 29.7. The van der Waals surface area contributed by atoms with E-state index in [1.54, 1.807) is 48.5 Å². The first-order chi connectivity index (χ1) is 12.7. The van der Waals surface area contributed by atoms with E-state index < -0.39 is 23.8 Å². The second kappa shape index (κ2) is 5.65. The van der Waals surface area contributed by atoms with Crippen LogP contribution in [0.15, 0.2) is 60.7 Å². The lowest BCUT2D eigenvalue weighted by molar-refractivity contribution is -0.199. The van der Waals surface area contributed by atoms with E-state index in [1.807, 2.05) is 12.1 Å². The molecule has 3 heterocycles. The van der Waals surface area contributed by atoms with Gasteiger partial charge in [0.2, 0.25) is 0 Å². The maximum atomic E-state index is 12.6. The van der Waals surface area contributed by atoms with Crippen molar-refractivity contribution in [2.24, 2.45) is 0 Å². The Labute approximate surface area is 149 Å². The maximum Gasteiger partial charge on any atom is 0.341 e. The fourth-order valence-corrected chi connectivity index (χ4v) is 3.74. The number of fused-ring (bicyclic) bond motifs is 5. The molecule has 0 aromatic heterocycles. The third-order valence-corrected chi connectivity index (χ3v) is 5.02. The highest BCUT2D eigenvalue weighted by Crippen LogP contribution is 2.54. The van der Waals surface area contributed by atoms with E-state index in [0.29, 0.717) is 11.1 Å². The molecule has 3 saturated heterocycles. The lowest BCUT2D eigenvalue weighted by Gasteiger charge is -2.33. The lowest BCUT2D eigenvalue weighted by Crippen LogP contribution is -2.51. The third kappa shape index (κ3) is 2.41. The van der Waals surface area contributed by atoms with E-state index >= 15 is 0 Å². The molecule has 5 rings (SSSR count). The van der Waals surface area contributed by atoms with Gasteiger partial charge in [-0.2, -0.15) is 0 Å². The number of benzene rings is 2. The Morgan fingerprint density at radius 3 is 1.81 bits per heavy atom. The standard InChI is InChI=1S/C20H16O6/c21-18(12-7-3-1-4-8-12)25-20(11-14-15-16(24-15)17(20)23-14)26-19(22)13-9-5-2-6-10-13/h1-10,14-17H,11H2/t14-,15-,16-,17-/m1/s1. The summed E-state index contributed by atoms with van der Waals surface area (Å²) in [5.41, 5.74) is 0.775. The highest BCUT2D eigenvalue weighted by atomic mass is 16.8. The molecule has 3 aliphatic rings. The molecule has 0 aliphatic carbocycles. The number of carbonyl (C=O) groups excluding carboxylic acids is 2. The molecule has 3 fully saturated rings. The first-order valence-corrected chi connectivity index (χ1v) is 8.54. The maximum absolute atomic E-state index is 12.6. The highest BCUT2D eigenvalue weighted by Gasteiger charge is 2.74. The fraction of sp³-hybridized carbons (Fsp3) is 0.300. The number of epoxide rings is 1. The van der Waals surface area contributed by atoms with Gasteiger partial charge in [-0.25, -0.2) is 9.59 Å². The minimum atomic E-state index is -1.47. The smallest absolute Gasteiger partial charge is 0.341 e. The Hall–Kier alpha value is -2.70. The Bertz CT molecular complexity index is 796. The van der Waals surface area contributed by atoms with Crippen LogP contribution in [0.3, 0.4) is 0 Å². The van der Waals surface area contributed by atoms with E-state index in [2.05, 4.69) is 0 Å². The predicted molar refractivity (Wildman–Crippen MR) is 88.4 cm³/mol. The van der Waals surface area contributed by atoms with Crippen molar-refractivity contribution in [3.05, 3.63) is 71.8 Å². The first kappa shape index (κ1) is 15.5. The van der Waals surface area contributed by atoms with Crippen molar-refractivity contribution in [1.29, 1.82) is 0 Å². The predicted octanol–water partition coefficient (Wildman–Crippen LogP) is 2.34. The Morgan fingerprint density at radius 2 is 1.35 bits per heavy atom. The third-order valence-electron chi connectivity index (χ3n) is 5.02. The van der Waals surface area contributed by atoms with E-state index in [9.17, 15) is 9.59 Å². The summed E-state index contributed by atoms with van der Waals surface area (Å²) < 4.78 is 22.8. The Kier molecular flexibility index (Phi) is 3.38. The van der Waals surface area contributed by atoms with Crippen LogP contribution in [0.5, 0.6) is 0 Å². The van der Waals surface area contributed by atoms with E-state index in [4.69, 9.17) is 18.9 Å². The van der Waals surface area contributed by atoms with E-state index in [0.717, 1.165) is 0 Å². The number of carbonyl (C=O) groups is 2. The number of hydrogen-bond donors (Lipinski definition) is 0. The average Bonchev–Trinajstić information content (AvgIpc) is 3.31. The van der Waals surface area contributed by atoms with E-state index in [1.165, 1.54) is 0 Å². The molecular formula is C20H16O6. The van der Waals surface area contributed by atoms with Crippen LogP contribution in [-0.2, 0) is 18.9 Å². The molecule has 0 amide bonds. The van der Waals surface area contributed by atoms with Crippen molar-refractivity contribution in [1.82, 2.24) is 0 Å². The quantitative estimate of drug-likeness (QED) is 0.478. The number of hydrogen-bond acceptors (Lipinski definition) is 6.